The van der Waals surface area contributed by atoms with Gasteiger partial charge in [0, 0.05) is 38.6 Å². The quantitative estimate of drug-likeness (QED) is 0.822. The summed E-state index contributed by atoms with van der Waals surface area (Å²) in [6, 6.07) is 4.25. The number of piperazine rings is 1. The number of imidazole rings is 1. The third-order valence-electron chi connectivity index (χ3n) is 3.74. The van der Waals surface area contributed by atoms with Gasteiger partial charge in [-0.15, -0.1) is 0 Å². The van der Waals surface area contributed by atoms with Crippen LogP contribution in [-0.4, -0.2) is 47.5 Å². The number of hydrogen-bond acceptors (Lipinski definition) is 3. The molecule has 0 bridgehead atoms. The maximum absolute atomic E-state index is 4.55. The molecule has 0 atom stereocenters. The number of allylic oxidation sites excluding steroid dienone is 1. The lowest BCUT2D eigenvalue weighted by atomic mass is 10.3. The van der Waals surface area contributed by atoms with E-state index in [1.165, 1.54) is 5.69 Å². The first-order valence-corrected chi connectivity index (χ1v) is 6.71. The van der Waals surface area contributed by atoms with Gasteiger partial charge >= 0.3 is 0 Å². The third-order valence-corrected chi connectivity index (χ3v) is 3.74. The molecule has 3 heterocycles. The minimum absolute atomic E-state index is 0.968. The Morgan fingerprint density at radius 3 is 2.58 bits per heavy atom. The number of fused-ring (bicyclic) bond motifs is 1. The average Bonchev–Trinajstić information content (AvgIpc) is 2.82. The second kappa shape index (κ2) is 4.70. The molecular formula is C15H20N4. The van der Waals surface area contributed by atoms with Crippen molar-refractivity contribution in [3.05, 3.63) is 36.8 Å². The topological polar surface area (TPSA) is 23.8 Å². The van der Waals surface area contributed by atoms with Crippen molar-refractivity contribution >= 4 is 16.9 Å². The first-order chi connectivity index (χ1) is 9.13. The SMILES string of the molecule is C=C(C)c1cn2cc(N3CCN(C)CC3)ccc2n1. The summed E-state index contributed by atoms with van der Waals surface area (Å²) in [7, 11) is 2.18. The van der Waals surface area contributed by atoms with Crippen LogP contribution in [-0.2, 0) is 0 Å². The number of rotatable bonds is 2. The highest BCUT2D eigenvalue weighted by Gasteiger charge is 2.14. The summed E-state index contributed by atoms with van der Waals surface area (Å²) in [5.41, 5.74) is 4.22. The number of hydrogen-bond donors (Lipinski definition) is 0. The summed E-state index contributed by atoms with van der Waals surface area (Å²) in [6.07, 6.45) is 4.22. The lowest BCUT2D eigenvalue weighted by Gasteiger charge is -2.33. The van der Waals surface area contributed by atoms with E-state index in [-0.39, 0.29) is 0 Å². The molecule has 2 aromatic rings. The Morgan fingerprint density at radius 2 is 1.89 bits per heavy atom. The van der Waals surface area contributed by atoms with Crippen LogP contribution in [0, 0.1) is 0 Å². The number of likely N-dealkylation sites (N-methyl/N-ethyl adjacent to an activating group) is 1. The summed E-state index contributed by atoms with van der Waals surface area (Å²) in [5.74, 6) is 0. The maximum atomic E-state index is 4.55. The van der Waals surface area contributed by atoms with Crippen molar-refractivity contribution in [2.24, 2.45) is 0 Å². The van der Waals surface area contributed by atoms with Gasteiger partial charge in [-0.25, -0.2) is 4.98 Å². The first kappa shape index (κ1) is 12.2. The molecule has 19 heavy (non-hydrogen) atoms. The molecule has 1 fully saturated rings. The zero-order chi connectivity index (χ0) is 13.4. The van der Waals surface area contributed by atoms with Gasteiger partial charge in [0.15, 0.2) is 0 Å². The van der Waals surface area contributed by atoms with Crippen LogP contribution >= 0.6 is 0 Å². The largest absolute Gasteiger partial charge is 0.368 e. The fraction of sp³-hybridized carbons (Fsp3) is 0.400. The molecule has 4 heteroatoms. The highest BCUT2D eigenvalue weighted by Crippen LogP contribution is 2.19. The number of pyridine rings is 1. The molecule has 0 aromatic carbocycles. The van der Waals surface area contributed by atoms with Crippen LogP contribution in [0.4, 0.5) is 5.69 Å². The van der Waals surface area contributed by atoms with Crippen LogP contribution in [0.3, 0.4) is 0 Å². The Balaban J connectivity index is 1.90. The monoisotopic (exact) mass is 256 g/mol. The molecular weight excluding hydrogens is 236 g/mol. The second-order valence-corrected chi connectivity index (χ2v) is 5.35. The van der Waals surface area contributed by atoms with E-state index in [9.17, 15) is 0 Å². The van der Waals surface area contributed by atoms with E-state index >= 15 is 0 Å². The van der Waals surface area contributed by atoms with Crippen molar-refractivity contribution in [2.75, 3.05) is 38.1 Å². The van der Waals surface area contributed by atoms with E-state index in [1.54, 1.807) is 0 Å². The standard InChI is InChI=1S/C15H20N4/c1-12(2)14-11-19-10-13(4-5-15(19)16-14)18-8-6-17(3)7-9-18/h4-5,10-11H,1,6-9H2,2-3H3. The van der Waals surface area contributed by atoms with Crippen LogP contribution in [0.15, 0.2) is 31.1 Å². The van der Waals surface area contributed by atoms with Gasteiger partial charge in [0.1, 0.15) is 5.65 Å². The lowest BCUT2D eigenvalue weighted by Crippen LogP contribution is -2.44. The molecule has 0 unspecified atom stereocenters. The van der Waals surface area contributed by atoms with Gasteiger partial charge in [-0.2, -0.15) is 0 Å². The molecule has 100 valence electrons. The molecule has 0 N–H and O–H groups in total. The van der Waals surface area contributed by atoms with E-state index in [2.05, 4.69) is 57.3 Å². The highest BCUT2D eigenvalue weighted by atomic mass is 15.3. The van der Waals surface area contributed by atoms with Gasteiger partial charge in [0.25, 0.3) is 0 Å². The van der Waals surface area contributed by atoms with Gasteiger partial charge in [-0.05, 0) is 31.7 Å². The zero-order valence-corrected chi connectivity index (χ0v) is 11.6. The van der Waals surface area contributed by atoms with Crippen molar-refractivity contribution in [3.63, 3.8) is 0 Å². The fourth-order valence-corrected chi connectivity index (χ4v) is 2.44. The Labute approximate surface area is 114 Å². The predicted octanol–water partition coefficient (Wildman–Crippen LogP) is 2.12. The van der Waals surface area contributed by atoms with E-state index in [1.807, 2.05) is 6.92 Å². The van der Waals surface area contributed by atoms with Crippen LogP contribution in [0.5, 0.6) is 0 Å². The summed E-state index contributed by atoms with van der Waals surface area (Å²) in [5, 5.41) is 0. The Hall–Kier alpha value is -1.81. The third kappa shape index (κ3) is 2.36. The molecule has 1 saturated heterocycles. The highest BCUT2D eigenvalue weighted by molar-refractivity contribution is 5.62. The van der Waals surface area contributed by atoms with E-state index in [0.29, 0.717) is 0 Å². The average molecular weight is 256 g/mol. The van der Waals surface area contributed by atoms with Gasteiger partial charge < -0.3 is 14.2 Å². The first-order valence-electron chi connectivity index (χ1n) is 6.71. The lowest BCUT2D eigenvalue weighted by molar-refractivity contribution is 0.313. The molecule has 0 amide bonds. The molecule has 0 aliphatic carbocycles. The van der Waals surface area contributed by atoms with Crippen molar-refractivity contribution in [3.8, 4) is 0 Å². The Bertz CT molecular complexity index is 606. The zero-order valence-electron chi connectivity index (χ0n) is 11.6. The number of nitrogens with zero attached hydrogens (tertiary/aromatic N) is 4. The van der Waals surface area contributed by atoms with Gasteiger partial charge in [-0.1, -0.05) is 6.58 Å². The fourth-order valence-electron chi connectivity index (χ4n) is 2.44. The molecule has 1 aliphatic rings. The van der Waals surface area contributed by atoms with E-state index in [4.69, 9.17) is 0 Å². The Kier molecular flexibility index (Phi) is 3.03. The predicted molar refractivity (Wildman–Crippen MR) is 79.6 cm³/mol. The molecule has 0 radical (unpaired) electrons. The molecule has 2 aromatic heterocycles. The minimum atomic E-state index is 0.968. The normalized spacial score (nSPS) is 17.1. The van der Waals surface area contributed by atoms with E-state index < -0.39 is 0 Å². The number of anilines is 1. The van der Waals surface area contributed by atoms with Crippen LogP contribution in [0.1, 0.15) is 12.6 Å². The van der Waals surface area contributed by atoms with Crippen molar-refractivity contribution in [2.45, 2.75) is 6.92 Å². The van der Waals surface area contributed by atoms with Crippen molar-refractivity contribution < 1.29 is 0 Å². The van der Waals surface area contributed by atoms with Crippen molar-refractivity contribution in [1.29, 1.82) is 0 Å². The number of aromatic nitrogens is 2. The minimum Gasteiger partial charge on any atom is -0.368 e. The smallest absolute Gasteiger partial charge is 0.137 e. The summed E-state index contributed by atoms with van der Waals surface area (Å²) >= 11 is 0. The summed E-state index contributed by atoms with van der Waals surface area (Å²) < 4.78 is 2.09. The van der Waals surface area contributed by atoms with Crippen molar-refractivity contribution in [1.82, 2.24) is 14.3 Å². The van der Waals surface area contributed by atoms with Crippen LogP contribution in [0.2, 0.25) is 0 Å². The van der Waals surface area contributed by atoms with Gasteiger partial charge in [-0.3, -0.25) is 0 Å². The second-order valence-electron chi connectivity index (χ2n) is 5.35. The molecule has 4 nitrogen and oxygen atoms in total. The van der Waals surface area contributed by atoms with E-state index in [0.717, 1.165) is 43.1 Å². The molecule has 0 saturated carbocycles. The Morgan fingerprint density at radius 1 is 1.16 bits per heavy atom. The van der Waals surface area contributed by atoms with Crippen LogP contribution < -0.4 is 4.90 Å². The maximum Gasteiger partial charge on any atom is 0.137 e. The summed E-state index contributed by atoms with van der Waals surface area (Å²) in [4.78, 5) is 9.34. The molecule has 3 rings (SSSR count). The molecule has 1 aliphatic heterocycles. The molecule has 0 spiro atoms. The van der Waals surface area contributed by atoms with Gasteiger partial charge in [0.2, 0.25) is 0 Å². The van der Waals surface area contributed by atoms with Gasteiger partial charge in [0.05, 0.1) is 11.4 Å². The summed E-state index contributed by atoms with van der Waals surface area (Å²) in [6.45, 7) is 10.4. The van der Waals surface area contributed by atoms with Crippen LogP contribution in [0.25, 0.3) is 11.2 Å².